The third-order valence-electron chi connectivity index (χ3n) is 3.33. The third kappa shape index (κ3) is 6.35. The lowest BCUT2D eigenvalue weighted by atomic mass is 10.2. The van der Waals surface area contributed by atoms with Crippen molar-refractivity contribution >= 4 is 8.32 Å². The Kier molecular flexibility index (Phi) is 7.02. The second-order valence-corrected chi connectivity index (χ2v) is 10.3. The van der Waals surface area contributed by atoms with Crippen molar-refractivity contribution in [3.63, 3.8) is 0 Å². The highest BCUT2D eigenvalue weighted by atomic mass is 28.4. The molecule has 0 aromatic heterocycles. The molecule has 1 unspecified atom stereocenters. The van der Waals surface area contributed by atoms with Gasteiger partial charge in [0.05, 0.1) is 0 Å². The van der Waals surface area contributed by atoms with E-state index in [0.717, 1.165) is 6.42 Å². The minimum atomic E-state index is -2.15. The first kappa shape index (κ1) is 15.7. The summed E-state index contributed by atoms with van der Waals surface area (Å²) in [6.07, 6.45) is 6.09. The van der Waals surface area contributed by atoms with Gasteiger partial charge in [0, 0.05) is 12.5 Å². The summed E-state index contributed by atoms with van der Waals surface area (Å²) >= 11 is 0. The van der Waals surface area contributed by atoms with E-state index in [1.807, 2.05) is 6.55 Å². The summed E-state index contributed by atoms with van der Waals surface area (Å²) in [5, 5.41) is 0.0316. The van der Waals surface area contributed by atoms with Gasteiger partial charge in [-0.1, -0.05) is 47.0 Å². The molecule has 2 heteroatoms. The second-order valence-electron chi connectivity index (χ2n) is 5.86. The van der Waals surface area contributed by atoms with E-state index in [2.05, 4.69) is 39.5 Å². The fourth-order valence-electron chi connectivity index (χ4n) is 1.23. The topological polar surface area (TPSA) is 20.2 Å². The highest BCUT2D eigenvalue weighted by molar-refractivity contribution is 6.74. The van der Waals surface area contributed by atoms with Gasteiger partial charge >= 0.3 is 0 Å². The fraction of sp³-hybridized carbons (Fsp3) is 0.857. The van der Waals surface area contributed by atoms with Crippen LogP contribution in [0.5, 0.6) is 0 Å². The summed E-state index contributed by atoms with van der Waals surface area (Å²) in [4.78, 5) is 10.3. The smallest absolute Gasteiger partial charge is 0.202 e. The van der Waals surface area contributed by atoms with E-state index >= 15 is 0 Å². The molecule has 0 bridgehead atoms. The van der Waals surface area contributed by atoms with E-state index < -0.39 is 8.32 Å². The molecule has 0 saturated carbocycles. The zero-order chi connectivity index (χ0) is 12.7. The summed E-state index contributed by atoms with van der Waals surface area (Å²) in [5.74, 6) is 6.37. The summed E-state index contributed by atoms with van der Waals surface area (Å²) in [7, 11) is -2.15. The van der Waals surface area contributed by atoms with Crippen LogP contribution >= 0.6 is 0 Å². The molecular formula is C14H28OSi. The van der Waals surface area contributed by atoms with Gasteiger partial charge in [0.2, 0.25) is 8.32 Å². The SMILES string of the molecule is CCCCCCC#CC[Si](C)(O)C(C)(C)C. The summed E-state index contributed by atoms with van der Waals surface area (Å²) in [6.45, 7) is 10.6. The molecule has 0 rings (SSSR count). The van der Waals surface area contributed by atoms with Crippen molar-refractivity contribution in [3.05, 3.63) is 0 Å². The Bertz CT molecular complexity index is 240. The molecule has 0 saturated heterocycles. The van der Waals surface area contributed by atoms with Gasteiger partial charge < -0.3 is 4.80 Å². The van der Waals surface area contributed by atoms with Gasteiger partial charge in [-0.2, -0.15) is 0 Å². The Hall–Kier alpha value is -0.263. The fourth-order valence-corrected chi connectivity index (χ4v) is 2.23. The Balaban J connectivity index is 3.83. The van der Waals surface area contributed by atoms with Gasteiger partial charge in [0.15, 0.2) is 0 Å². The quantitative estimate of drug-likeness (QED) is 0.431. The molecule has 1 nitrogen and oxygen atoms in total. The lowest BCUT2D eigenvalue weighted by molar-refractivity contribution is 0.482. The zero-order valence-electron chi connectivity index (χ0n) is 11.7. The van der Waals surface area contributed by atoms with Gasteiger partial charge in [0.1, 0.15) is 0 Å². The average Bonchev–Trinajstić information content (AvgIpc) is 2.14. The molecule has 0 aliphatic carbocycles. The maximum Gasteiger partial charge on any atom is 0.202 e. The van der Waals surface area contributed by atoms with Crippen LogP contribution in [0.25, 0.3) is 0 Å². The summed E-state index contributed by atoms with van der Waals surface area (Å²) < 4.78 is 0. The molecule has 0 fully saturated rings. The van der Waals surface area contributed by atoms with Crippen molar-refractivity contribution < 1.29 is 4.80 Å². The maximum atomic E-state index is 10.3. The van der Waals surface area contributed by atoms with Gasteiger partial charge in [-0.25, -0.2) is 0 Å². The van der Waals surface area contributed by atoms with Gasteiger partial charge in [-0.3, -0.25) is 0 Å². The van der Waals surface area contributed by atoms with Crippen LogP contribution in [0.2, 0.25) is 17.6 Å². The molecule has 1 N–H and O–H groups in total. The second kappa shape index (κ2) is 7.14. The van der Waals surface area contributed by atoms with Crippen LogP contribution in [0.4, 0.5) is 0 Å². The molecule has 0 heterocycles. The monoisotopic (exact) mass is 240 g/mol. The molecule has 0 aromatic rings. The van der Waals surface area contributed by atoms with E-state index in [1.165, 1.54) is 25.7 Å². The van der Waals surface area contributed by atoms with Crippen LogP contribution in [0.1, 0.15) is 59.8 Å². The van der Waals surface area contributed by atoms with E-state index in [4.69, 9.17) is 0 Å². The molecular weight excluding hydrogens is 212 g/mol. The standard InChI is InChI=1S/C14H28OSi/c1-6-7-8-9-10-11-12-13-16(5,15)14(2,3)4/h15H,6-10,13H2,1-5H3. The van der Waals surface area contributed by atoms with Crippen LogP contribution in [-0.4, -0.2) is 13.1 Å². The number of hydrogen-bond acceptors (Lipinski definition) is 1. The van der Waals surface area contributed by atoms with Crippen molar-refractivity contribution in [2.45, 2.75) is 77.4 Å². The first-order chi connectivity index (χ1) is 7.31. The van der Waals surface area contributed by atoms with Crippen LogP contribution in [0.3, 0.4) is 0 Å². The lowest BCUT2D eigenvalue weighted by Crippen LogP contribution is -2.40. The average molecular weight is 240 g/mol. The van der Waals surface area contributed by atoms with E-state index in [9.17, 15) is 4.80 Å². The van der Waals surface area contributed by atoms with Gasteiger partial charge in [-0.05, 0) is 18.0 Å². The van der Waals surface area contributed by atoms with Crippen molar-refractivity contribution in [1.82, 2.24) is 0 Å². The van der Waals surface area contributed by atoms with Crippen molar-refractivity contribution in [2.24, 2.45) is 0 Å². The molecule has 16 heavy (non-hydrogen) atoms. The van der Waals surface area contributed by atoms with Crippen molar-refractivity contribution in [3.8, 4) is 11.8 Å². The molecule has 0 amide bonds. The molecule has 0 spiro atoms. The van der Waals surface area contributed by atoms with Crippen molar-refractivity contribution in [2.75, 3.05) is 0 Å². The molecule has 0 aliphatic heterocycles. The number of rotatable bonds is 5. The lowest BCUT2D eigenvalue weighted by Gasteiger charge is -2.32. The predicted molar refractivity (Wildman–Crippen MR) is 74.9 cm³/mol. The Morgan fingerprint density at radius 3 is 2.19 bits per heavy atom. The molecule has 0 aliphatic rings. The molecule has 94 valence electrons. The van der Waals surface area contributed by atoms with E-state index in [0.29, 0.717) is 6.04 Å². The normalized spacial score (nSPS) is 15.1. The molecule has 1 atom stereocenters. The predicted octanol–water partition coefficient (Wildman–Crippen LogP) is 4.33. The summed E-state index contributed by atoms with van der Waals surface area (Å²) in [5.41, 5.74) is 0. The van der Waals surface area contributed by atoms with Crippen LogP contribution in [0, 0.1) is 11.8 Å². The zero-order valence-corrected chi connectivity index (χ0v) is 12.7. The summed E-state index contributed by atoms with van der Waals surface area (Å²) in [6, 6.07) is 0.713. The number of hydrogen-bond donors (Lipinski definition) is 1. The van der Waals surface area contributed by atoms with Crippen molar-refractivity contribution in [1.29, 1.82) is 0 Å². The first-order valence-corrected chi connectivity index (χ1v) is 9.15. The minimum absolute atomic E-state index is 0.0316. The number of unbranched alkanes of at least 4 members (excludes halogenated alkanes) is 4. The van der Waals surface area contributed by atoms with Crippen LogP contribution < -0.4 is 0 Å². The Labute approximate surface area is 103 Å². The molecule has 0 radical (unpaired) electrons. The van der Waals surface area contributed by atoms with Crippen LogP contribution in [-0.2, 0) is 0 Å². The Morgan fingerprint density at radius 1 is 1.06 bits per heavy atom. The first-order valence-electron chi connectivity index (χ1n) is 6.49. The highest BCUT2D eigenvalue weighted by Crippen LogP contribution is 2.36. The van der Waals surface area contributed by atoms with Gasteiger partial charge in [-0.15, -0.1) is 11.8 Å². The molecule has 0 aromatic carbocycles. The minimum Gasteiger partial charge on any atom is -0.431 e. The highest BCUT2D eigenvalue weighted by Gasteiger charge is 2.37. The Morgan fingerprint density at radius 2 is 1.69 bits per heavy atom. The van der Waals surface area contributed by atoms with Crippen LogP contribution in [0.15, 0.2) is 0 Å². The van der Waals surface area contributed by atoms with E-state index in [-0.39, 0.29) is 5.04 Å². The van der Waals surface area contributed by atoms with Gasteiger partial charge in [0.25, 0.3) is 0 Å². The van der Waals surface area contributed by atoms with E-state index in [1.54, 1.807) is 0 Å². The largest absolute Gasteiger partial charge is 0.431 e. The third-order valence-corrected chi connectivity index (χ3v) is 7.43. The maximum absolute atomic E-state index is 10.3.